The van der Waals surface area contributed by atoms with Crippen LogP contribution in [0.5, 0.6) is 0 Å². The number of hydrogen-bond acceptors (Lipinski definition) is 3. The van der Waals surface area contributed by atoms with E-state index in [0.717, 1.165) is 25.7 Å². The summed E-state index contributed by atoms with van der Waals surface area (Å²) in [5.41, 5.74) is 2.78. The van der Waals surface area contributed by atoms with Gasteiger partial charge in [-0.1, -0.05) is 36.4 Å². The molecule has 0 N–H and O–H groups in total. The van der Waals surface area contributed by atoms with Crippen LogP contribution < -0.4 is 5.56 Å². The second-order valence-electron chi connectivity index (χ2n) is 4.96. The van der Waals surface area contributed by atoms with Crippen LogP contribution in [0.2, 0.25) is 0 Å². The van der Waals surface area contributed by atoms with Crippen molar-refractivity contribution in [2.45, 2.75) is 19.0 Å². The van der Waals surface area contributed by atoms with E-state index in [1.54, 1.807) is 16.3 Å². The van der Waals surface area contributed by atoms with Crippen molar-refractivity contribution in [3.63, 3.8) is 0 Å². The van der Waals surface area contributed by atoms with Crippen LogP contribution in [0.25, 0.3) is 16.6 Å². The largest absolute Gasteiger partial charge is 0.268 e. The smallest absolute Gasteiger partial charge is 0.266 e. The molecule has 3 aromatic rings. The van der Waals surface area contributed by atoms with Crippen molar-refractivity contribution >= 4 is 45.3 Å². The lowest BCUT2D eigenvalue weighted by Gasteiger charge is -2.13. The van der Waals surface area contributed by atoms with Gasteiger partial charge in [-0.05, 0) is 65.6 Å². The maximum absolute atomic E-state index is 13.0. The molecule has 0 aliphatic carbocycles. The van der Waals surface area contributed by atoms with Crippen LogP contribution in [0.3, 0.4) is 0 Å². The number of rotatable bonds is 3. The minimum absolute atomic E-state index is 0.0108. The fraction of sp³-hybridized carbons (Fsp3) is 0.176. The molecule has 0 fully saturated rings. The molecular formula is C17H15IN2OS. The number of aromatic nitrogens is 2. The molecule has 0 atom stereocenters. The Labute approximate surface area is 146 Å². The molecule has 0 radical (unpaired) electrons. The number of hydrogen-bond donors (Lipinski definition) is 0. The highest BCUT2D eigenvalue weighted by Gasteiger charge is 2.13. The van der Waals surface area contributed by atoms with E-state index in [1.807, 2.05) is 49.4 Å². The van der Waals surface area contributed by atoms with Crippen molar-refractivity contribution < 1.29 is 0 Å². The van der Waals surface area contributed by atoms with Crippen LogP contribution in [0.15, 0.2) is 52.4 Å². The average Bonchev–Trinajstić information content (AvgIpc) is 2.50. The van der Waals surface area contributed by atoms with Gasteiger partial charge in [-0.25, -0.2) is 4.98 Å². The van der Waals surface area contributed by atoms with E-state index in [0.29, 0.717) is 5.39 Å². The zero-order valence-corrected chi connectivity index (χ0v) is 15.3. The Morgan fingerprint density at radius 2 is 1.91 bits per heavy atom. The maximum atomic E-state index is 13.0. The van der Waals surface area contributed by atoms with Gasteiger partial charge in [0.1, 0.15) is 0 Å². The third kappa shape index (κ3) is 2.92. The standard InChI is InChI=1S/C17H15IN2OS/c1-3-22-17-19-15-9-6-12(18)10-14(15)16(21)20(17)13-7-4-11(2)5-8-13/h4-10H,3H2,1-2H3. The first-order valence-electron chi connectivity index (χ1n) is 7.02. The molecule has 112 valence electrons. The summed E-state index contributed by atoms with van der Waals surface area (Å²) in [5, 5.41) is 1.40. The van der Waals surface area contributed by atoms with Gasteiger partial charge in [0.2, 0.25) is 0 Å². The lowest BCUT2D eigenvalue weighted by atomic mass is 10.2. The normalized spacial score (nSPS) is 11.0. The monoisotopic (exact) mass is 422 g/mol. The van der Waals surface area contributed by atoms with Crippen molar-refractivity contribution in [3.8, 4) is 5.69 Å². The van der Waals surface area contributed by atoms with E-state index in [4.69, 9.17) is 0 Å². The van der Waals surface area contributed by atoms with Crippen LogP contribution in [0.4, 0.5) is 0 Å². The summed E-state index contributed by atoms with van der Waals surface area (Å²) in [7, 11) is 0. The number of benzene rings is 2. The zero-order chi connectivity index (χ0) is 15.7. The van der Waals surface area contributed by atoms with E-state index in [2.05, 4.69) is 34.5 Å². The Kier molecular flexibility index (Phi) is 4.54. The summed E-state index contributed by atoms with van der Waals surface area (Å²) in [6.07, 6.45) is 0. The number of thioether (sulfide) groups is 1. The van der Waals surface area contributed by atoms with E-state index in [9.17, 15) is 4.79 Å². The van der Waals surface area contributed by atoms with Crippen LogP contribution in [-0.4, -0.2) is 15.3 Å². The van der Waals surface area contributed by atoms with Gasteiger partial charge in [0.25, 0.3) is 5.56 Å². The molecule has 2 aromatic carbocycles. The molecule has 0 saturated carbocycles. The summed E-state index contributed by atoms with van der Waals surface area (Å²) in [4.78, 5) is 17.7. The summed E-state index contributed by atoms with van der Waals surface area (Å²) in [6.45, 7) is 4.10. The second kappa shape index (κ2) is 6.42. The molecule has 5 heteroatoms. The van der Waals surface area contributed by atoms with Gasteiger partial charge < -0.3 is 0 Å². The summed E-state index contributed by atoms with van der Waals surface area (Å²) < 4.78 is 2.75. The van der Waals surface area contributed by atoms with Crippen LogP contribution in [0.1, 0.15) is 12.5 Å². The molecule has 0 unspecified atom stereocenters. The van der Waals surface area contributed by atoms with Gasteiger partial charge in [-0.15, -0.1) is 0 Å². The number of aryl methyl sites for hydroxylation is 1. The van der Waals surface area contributed by atoms with Crippen molar-refractivity contribution in [2.75, 3.05) is 5.75 Å². The first-order valence-corrected chi connectivity index (χ1v) is 9.08. The summed E-state index contributed by atoms with van der Waals surface area (Å²) in [5.74, 6) is 0.869. The SMILES string of the molecule is CCSc1nc2ccc(I)cc2c(=O)n1-c1ccc(C)cc1. The molecule has 0 aliphatic heterocycles. The van der Waals surface area contributed by atoms with Gasteiger partial charge in [-0.2, -0.15) is 0 Å². The maximum Gasteiger partial charge on any atom is 0.266 e. The summed E-state index contributed by atoms with van der Waals surface area (Å²) >= 11 is 3.80. The van der Waals surface area contributed by atoms with Crippen LogP contribution in [-0.2, 0) is 0 Å². The quantitative estimate of drug-likeness (QED) is 0.356. The first kappa shape index (κ1) is 15.6. The highest BCUT2D eigenvalue weighted by Crippen LogP contribution is 2.22. The van der Waals surface area contributed by atoms with Crippen molar-refractivity contribution in [3.05, 3.63) is 62.0 Å². The van der Waals surface area contributed by atoms with E-state index in [-0.39, 0.29) is 5.56 Å². The molecule has 1 heterocycles. The molecular weight excluding hydrogens is 407 g/mol. The molecule has 0 aliphatic rings. The Hall–Kier alpha value is -1.34. The van der Waals surface area contributed by atoms with Crippen molar-refractivity contribution in [1.29, 1.82) is 0 Å². The highest BCUT2D eigenvalue weighted by molar-refractivity contribution is 14.1. The van der Waals surface area contributed by atoms with Crippen molar-refractivity contribution in [2.24, 2.45) is 0 Å². The fourth-order valence-electron chi connectivity index (χ4n) is 2.28. The molecule has 0 saturated heterocycles. The first-order chi connectivity index (χ1) is 10.6. The minimum atomic E-state index is -0.0108. The molecule has 1 aromatic heterocycles. The Morgan fingerprint density at radius 3 is 2.59 bits per heavy atom. The molecule has 22 heavy (non-hydrogen) atoms. The van der Waals surface area contributed by atoms with Crippen LogP contribution in [0, 0.1) is 10.5 Å². The predicted molar refractivity (Wildman–Crippen MR) is 101 cm³/mol. The van der Waals surface area contributed by atoms with E-state index >= 15 is 0 Å². The van der Waals surface area contributed by atoms with Crippen LogP contribution >= 0.6 is 34.4 Å². The Morgan fingerprint density at radius 1 is 1.18 bits per heavy atom. The van der Waals surface area contributed by atoms with Gasteiger partial charge in [0, 0.05) is 3.57 Å². The molecule has 0 amide bonds. The molecule has 3 rings (SSSR count). The van der Waals surface area contributed by atoms with Crippen molar-refractivity contribution in [1.82, 2.24) is 9.55 Å². The molecule has 3 nitrogen and oxygen atoms in total. The number of fused-ring (bicyclic) bond motifs is 1. The van der Waals surface area contributed by atoms with Gasteiger partial charge >= 0.3 is 0 Å². The van der Waals surface area contributed by atoms with Gasteiger partial charge in [-0.3, -0.25) is 9.36 Å². The zero-order valence-electron chi connectivity index (χ0n) is 12.3. The lowest BCUT2D eigenvalue weighted by molar-refractivity contribution is 0.820. The molecule has 0 spiro atoms. The topological polar surface area (TPSA) is 34.9 Å². The Balaban J connectivity index is 2.34. The van der Waals surface area contributed by atoms with E-state index < -0.39 is 0 Å². The second-order valence-corrected chi connectivity index (χ2v) is 7.44. The van der Waals surface area contributed by atoms with Gasteiger partial charge in [0.05, 0.1) is 16.6 Å². The Bertz CT molecular complexity index is 888. The number of nitrogens with zero attached hydrogens (tertiary/aromatic N) is 2. The fourth-order valence-corrected chi connectivity index (χ4v) is 3.51. The third-order valence-corrected chi connectivity index (χ3v) is 4.86. The number of halogens is 1. The predicted octanol–water partition coefficient (Wildman–Crippen LogP) is 4.41. The van der Waals surface area contributed by atoms with E-state index in [1.165, 1.54) is 5.56 Å². The summed E-state index contributed by atoms with van der Waals surface area (Å²) in [6, 6.07) is 13.8. The average molecular weight is 422 g/mol. The highest BCUT2D eigenvalue weighted by atomic mass is 127. The van der Waals surface area contributed by atoms with Gasteiger partial charge in [0.15, 0.2) is 5.16 Å². The minimum Gasteiger partial charge on any atom is -0.268 e. The lowest BCUT2D eigenvalue weighted by Crippen LogP contribution is -2.21. The third-order valence-electron chi connectivity index (χ3n) is 3.37. The molecule has 0 bridgehead atoms.